The molecule has 0 N–H and O–H groups in total. The van der Waals surface area contributed by atoms with Crippen molar-refractivity contribution >= 4 is 11.6 Å². The standard InChI is InChI=1S/C22H22O2/c1-13-7-9-15-11-19-20(12-16(15)10-8-14(13)2)22(24)18-6-4-3-5-17(18)21(19)23/h3-6,19-20H,1-2,7-12H2. The first-order valence-electron chi connectivity index (χ1n) is 8.79. The first-order valence-corrected chi connectivity index (χ1v) is 8.79. The van der Waals surface area contributed by atoms with E-state index in [0.717, 1.165) is 49.7 Å². The topological polar surface area (TPSA) is 34.1 Å². The Morgan fingerprint density at radius 2 is 1.12 bits per heavy atom. The highest BCUT2D eigenvalue weighted by Gasteiger charge is 2.44. The number of carbonyl (C=O) groups is 2. The van der Waals surface area contributed by atoms with E-state index in [1.165, 1.54) is 11.1 Å². The summed E-state index contributed by atoms with van der Waals surface area (Å²) < 4.78 is 0. The average Bonchev–Trinajstić information content (AvgIpc) is 2.60. The molecule has 4 rings (SSSR count). The highest BCUT2D eigenvalue weighted by Crippen LogP contribution is 2.45. The van der Waals surface area contributed by atoms with E-state index in [1.807, 2.05) is 12.1 Å². The predicted molar refractivity (Wildman–Crippen MR) is 95.1 cm³/mol. The number of ketones is 2. The highest BCUT2D eigenvalue weighted by molar-refractivity contribution is 6.16. The molecule has 1 aromatic rings. The zero-order chi connectivity index (χ0) is 16.8. The summed E-state index contributed by atoms with van der Waals surface area (Å²) in [5.74, 6) is -0.0109. The van der Waals surface area contributed by atoms with Crippen LogP contribution in [-0.2, 0) is 0 Å². The summed E-state index contributed by atoms with van der Waals surface area (Å²) in [7, 11) is 0. The van der Waals surface area contributed by atoms with Crippen LogP contribution in [0.3, 0.4) is 0 Å². The fourth-order valence-corrected chi connectivity index (χ4v) is 4.48. The van der Waals surface area contributed by atoms with Gasteiger partial charge in [0, 0.05) is 23.0 Å². The van der Waals surface area contributed by atoms with Gasteiger partial charge >= 0.3 is 0 Å². The van der Waals surface area contributed by atoms with Crippen LogP contribution in [0.15, 0.2) is 59.7 Å². The number of fused-ring (bicyclic) bond motifs is 2. The Labute approximate surface area is 143 Å². The molecular formula is C22H22O2. The largest absolute Gasteiger partial charge is 0.294 e. The van der Waals surface area contributed by atoms with Crippen LogP contribution in [-0.4, -0.2) is 11.6 Å². The smallest absolute Gasteiger partial charge is 0.167 e. The zero-order valence-corrected chi connectivity index (χ0v) is 13.9. The summed E-state index contributed by atoms with van der Waals surface area (Å²) in [6.45, 7) is 8.26. The molecule has 0 fully saturated rings. The number of carbonyl (C=O) groups excluding carboxylic acids is 2. The van der Waals surface area contributed by atoms with E-state index in [1.54, 1.807) is 12.1 Å². The van der Waals surface area contributed by atoms with Crippen LogP contribution in [0.4, 0.5) is 0 Å². The molecule has 0 heterocycles. The molecule has 0 spiro atoms. The summed E-state index contributed by atoms with van der Waals surface area (Å²) in [5, 5.41) is 0. The lowest BCUT2D eigenvalue weighted by atomic mass is 9.64. The van der Waals surface area contributed by atoms with E-state index in [-0.39, 0.29) is 23.4 Å². The molecule has 0 radical (unpaired) electrons. The van der Waals surface area contributed by atoms with Gasteiger partial charge in [-0.25, -0.2) is 0 Å². The van der Waals surface area contributed by atoms with Gasteiger partial charge in [-0.3, -0.25) is 9.59 Å². The van der Waals surface area contributed by atoms with Crippen LogP contribution < -0.4 is 0 Å². The monoisotopic (exact) mass is 318 g/mol. The minimum Gasteiger partial charge on any atom is -0.294 e. The van der Waals surface area contributed by atoms with E-state index < -0.39 is 0 Å². The molecule has 0 saturated heterocycles. The van der Waals surface area contributed by atoms with Gasteiger partial charge in [0.15, 0.2) is 11.6 Å². The molecular weight excluding hydrogens is 296 g/mol. The van der Waals surface area contributed by atoms with Gasteiger partial charge in [-0.1, -0.05) is 59.7 Å². The SMILES string of the molecule is C=C1CCC2=C(CCC1=C)CC1C(=O)c3ccccc3C(=O)C1C2. The number of hydrogen-bond acceptors (Lipinski definition) is 2. The van der Waals surface area contributed by atoms with Crippen molar-refractivity contribution in [1.82, 2.24) is 0 Å². The van der Waals surface area contributed by atoms with Gasteiger partial charge in [0.25, 0.3) is 0 Å². The summed E-state index contributed by atoms with van der Waals surface area (Å²) >= 11 is 0. The van der Waals surface area contributed by atoms with Gasteiger partial charge in [-0.15, -0.1) is 0 Å². The highest BCUT2D eigenvalue weighted by atomic mass is 16.1. The van der Waals surface area contributed by atoms with Crippen LogP contribution in [0, 0.1) is 11.8 Å². The number of rotatable bonds is 0. The minimum absolute atomic E-state index is 0.159. The summed E-state index contributed by atoms with van der Waals surface area (Å²) in [6, 6.07) is 7.31. The van der Waals surface area contributed by atoms with Crippen molar-refractivity contribution in [2.45, 2.75) is 38.5 Å². The molecule has 1 aromatic carbocycles. The van der Waals surface area contributed by atoms with Crippen LogP contribution in [0.2, 0.25) is 0 Å². The Bertz CT molecular complexity index is 742. The van der Waals surface area contributed by atoms with Crippen LogP contribution in [0.5, 0.6) is 0 Å². The number of benzene rings is 1. The van der Waals surface area contributed by atoms with Crippen molar-refractivity contribution in [3.8, 4) is 0 Å². The van der Waals surface area contributed by atoms with Gasteiger partial charge in [0.05, 0.1) is 0 Å². The van der Waals surface area contributed by atoms with Crippen LogP contribution >= 0.6 is 0 Å². The molecule has 24 heavy (non-hydrogen) atoms. The molecule has 2 heteroatoms. The Hall–Kier alpha value is -2.22. The number of allylic oxidation sites excluding steroid dienone is 4. The van der Waals surface area contributed by atoms with E-state index >= 15 is 0 Å². The second kappa shape index (κ2) is 5.70. The minimum atomic E-state index is -0.165. The van der Waals surface area contributed by atoms with Crippen LogP contribution in [0.1, 0.15) is 59.2 Å². The fourth-order valence-electron chi connectivity index (χ4n) is 4.48. The molecule has 0 aromatic heterocycles. The first-order chi connectivity index (χ1) is 11.6. The second-order valence-corrected chi connectivity index (χ2v) is 7.31. The van der Waals surface area contributed by atoms with E-state index in [2.05, 4.69) is 13.2 Å². The molecule has 122 valence electrons. The van der Waals surface area contributed by atoms with Gasteiger partial charge in [0.1, 0.15) is 0 Å². The molecule has 0 bridgehead atoms. The van der Waals surface area contributed by atoms with Gasteiger partial charge in [-0.2, -0.15) is 0 Å². The Morgan fingerprint density at radius 3 is 1.54 bits per heavy atom. The van der Waals surface area contributed by atoms with Crippen LogP contribution in [0.25, 0.3) is 0 Å². The summed E-state index contributed by atoms with van der Waals surface area (Å²) in [5.41, 5.74) is 6.31. The lowest BCUT2D eigenvalue weighted by Crippen LogP contribution is -2.39. The maximum absolute atomic E-state index is 12.9. The average molecular weight is 318 g/mol. The lowest BCUT2D eigenvalue weighted by molar-refractivity contribution is 0.0718. The first kappa shape index (κ1) is 15.3. The Morgan fingerprint density at radius 1 is 0.708 bits per heavy atom. The number of Topliss-reactive ketones (excluding diaryl/α,β-unsaturated/α-hetero) is 2. The maximum atomic E-state index is 12.9. The Kier molecular flexibility index (Phi) is 3.64. The fraction of sp³-hybridized carbons (Fsp3) is 0.364. The third-order valence-electron chi connectivity index (χ3n) is 6.01. The van der Waals surface area contributed by atoms with Gasteiger partial charge < -0.3 is 0 Å². The molecule has 2 unspecified atom stereocenters. The van der Waals surface area contributed by atoms with Gasteiger partial charge in [-0.05, 0) is 38.5 Å². The number of hydrogen-bond donors (Lipinski definition) is 0. The van der Waals surface area contributed by atoms with Crippen molar-refractivity contribution in [3.63, 3.8) is 0 Å². The van der Waals surface area contributed by atoms with Crippen molar-refractivity contribution in [2.75, 3.05) is 0 Å². The lowest BCUT2D eigenvalue weighted by Gasteiger charge is -2.37. The second-order valence-electron chi connectivity index (χ2n) is 7.31. The Balaban J connectivity index is 1.70. The third kappa shape index (κ3) is 2.32. The maximum Gasteiger partial charge on any atom is 0.167 e. The van der Waals surface area contributed by atoms with E-state index in [0.29, 0.717) is 11.1 Å². The van der Waals surface area contributed by atoms with Crippen molar-refractivity contribution < 1.29 is 9.59 Å². The molecule has 0 aliphatic heterocycles. The molecule has 2 nitrogen and oxygen atoms in total. The molecule has 3 aliphatic rings. The molecule has 0 amide bonds. The van der Waals surface area contributed by atoms with Crippen molar-refractivity contribution in [3.05, 3.63) is 70.8 Å². The van der Waals surface area contributed by atoms with E-state index in [4.69, 9.17) is 0 Å². The predicted octanol–water partition coefficient (Wildman–Crippen LogP) is 5.07. The molecule has 0 saturated carbocycles. The summed E-state index contributed by atoms with van der Waals surface area (Å²) in [6.07, 6.45) is 5.26. The quantitative estimate of drug-likeness (QED) is 0.625. The molecule has 2 atom stereocenters. The molecule has 3 aliphatic carbocycles. The normalized spacial score (nSPS) is 27.2. The zero-order valence-electron chi connectivity index (χ0n) is 13.9. The van der Waals surface area contributed by atoms with E-state index in [9.17, 15) is 9.59 Å². The van der Waals surface area contributed by atoms with Crippen molar-refractivity contribution in [2.24, 2.45) is 11.8 Å². The van der Waals surface area contributed by atoms with Gasteiger partial charge in [0.2, 0.25) is 0 Å². The third-order valence-corrected chi connectivity index (χ3v) is 6.01. The summed E-state index contributed by atoms with van der Waals surface area (Å²) in [4.78, 5) is 25.9. The van der Waals surface area contributed by atoms with Crippen molar-refractivity contribution in [1.29, 1.82) is 0 Å².